The second kappa shape index (κ2) is 6.88. The molecule has 2 amide bonds. The Hall–Kier alpha value is -2.11. The number of nitrogens with one attached hydrogen (secondary N) is 1. The molecule has 0 bridgehead atoms. The standard InChI is InChI=1S/C14H19N3O3/c18-13(19)12-11(7-6-8-15-12)16-14(20)17-9-4-2-1-3-5-10-17/h6-8H,1-5,9-10H2,(H,16,20)(H,18,19). The Morgan fingerprint density at radius 1 is 1.15 bits per heavy atom. The van der Waals surface area contributed by atoms with E-state index in [0.29, 0.717) is 13.1 Å². The molecular formula is C14H19N3O3. The molecule has 1 aromatic rings. The largest absolute Gasteiger partial charge is 0.476 e. The van der Waals surface area contributed by atoms with Gasteiger partial charge in [0, 0.05) is 19.3 Å². The Morgan fingerprint density at radius 2 is 1.80 bits per heavy atom. The summed E-state index contributed by atoms with van der Waals surface area (Å²) >= 11 is 0. The number of likely N-dealkylation sites (tertiary alicyclic amines) is 1. The second-order valence-corrected chi connectivity index (χ2v) is 4.89. The summed E-state index contributed by atoms with van der Waals surface area (Å²) < 4.78 is 0. The number of hydrogen-bond acceptors (Lipinski definition) is 3. The van der Waals surface area contributed by atoms with Crippen molar-refractivity contribution < 1.29 is 14.7 Å². The van der Waals surface area contributed by atoms with E-state index >= 15 is 0 Å². The number of urea groups is 1. The molecule has 108 valence electrons. The van der Waals surface area contributed by atoms with Gasteiger partial charge in [0.15, 0.2) is 5.69 Å². The first kappa shape index (κ1) is 14.3. The van der Waals surface area contributed by atoms with Crippen molar-refractivity contribution >= 4 is 17.7 Å². The van der Waals surface area contributed by atoms with Crippen molar-refractivity contribution in [1.29, 1.82) is 0 Å². The first-order valence-electron chi connectivity index (χ1n) is 6.93. The number of carboxylic acids is 1. The van der Waals surface area contributed by atoms with Crippen molar-refractivity contribution in [3.05, 3.63) is 24.0 Å². The van der Waals surface area contributed by atoms with Gasteiger partial charge in [-0.2, -0.15) is 0 Å². The average Bonchev–Trinajstić information content (AvgIpc) is 2.38. The van der Waals surface area contributed by atoms with E-state index in [-0.39, 0.29) is 17.4 Å². The van der Waals surface area contributed by atoms with Gasteiger partial charge in [0.05, 0.1) is 5.69 Å². The van der Waals surface area contributed by atoms with E-state index in [0.717, 1.165) is 25.7 Å². The fourth-order valence-electron chi connectivity index (χ4n) is 2.32. The molecule has 1 aliphatic rings. The van der Waals surface area contributed by atoms with Gasteiger partial charge in [-0.05, 0) is 25.0 Å². The van der Waals surface area contributed by atoms with Crippen LogP contribution in [0.2, 0.25) is 0 Å². The van der Waals surface area contributed by atoms with E-state index in [4.69, 9.17) is 5.11 Å². The van der Waals surface area contributed by atoms with Crippen LogP contribution < -0.4 is 5.32 Å². The summed E-state index contributed by atoms with van der Waals surface area (Å²) in [4.78, 5) is 28.8. The van der Waals surface area contributed by atoms with Crippen molar-refractivity contribution in [2.75, 3.05) is 18.4 Å². The molecule has 20 heavy (non-hydrogen) atoms. The number of carbonyl (C=O) groups is 2. The van der Waals surface area contributed by atoms with Crippen molar-refractivity contribution in [1.82, 2.24) is 9.88 Å². The molecule has 0 spiro atoms. The molecule has 0 radical (unpaired) electrons. The highest BCUT2D eigenvalue weighted by Crippen LogP contribution is 2.15. The third-order valence-corrected chi connectivity index (χ3v) is 3.40. The smallest absolute Gasteiger partial charge is 0.356 e. The lowest BCUT2D eigenvalue weighted by atomic mass is 10.1. The monoisotopic (exact) mass is 277 g/mol. The number of aromatic nitrogens is 1. The molecule has 2 rings (SSSR count). The third-order valence-electron chi connectivity index (χ3n) is 3.40. The van der Waals surface area contributed by atoms with E-state index in [2.05, 4.69) is 10.3 Å². The average molecular weight is 277 g/mol. The van der Waals surface area contributed by atoms with Gasteiger partial charge in [-0.25, -0.2) is 14.6 Å². The van der Waals surface area contributed by atoms with Crippen LogP contribution in [-0.4, -0.2) is 40.1 Å². The molecule has 0 aromatic carbocycles. The lowest BCUT2D eigenvalue weighted by Gasteiger charge is -2.25. The van der Waals surface area contributed by atoms with Crippen LogP contribution in [0.3, 0.4) is 0 Å². The number of pyridine rings is 1. The number of anilines is 1. The summed E-state index contributed by atoms with van der Waals surface area (Å²) in [6.45, 7) is 1.43. The van der Waals surface area contributed by atoms with Crippen LogP contribution in [0, 0.1) is 0 Å². The highest BCUT2D eigenvalue weighted by molar-refractivity contribution is 5.98. The zero-order valence-electron chi connectivity index (χ0n) is 11.3. The minimum absolute atomic E-state index is 0.132. The SMILES string of the molecule is O=C(O)c1ncccc1NC(=O)N1CCCCCCC1. The summed E-state index contributed by atoms with van der Waals surface area (Å²) in [5.74, 6) is -1.14. The van der Waals surface area contributed by atoms with E-state index in [1.165, 1.54) is 12.6 Å². The van der Waals surface area contributed by atoms with Gasteiger partial charge in [-0.15, -0.1) is 0 Å². The van der Waals surface area contributed by atoms with Crippen LogP contribution in [0.1, 0.15) is 42.6 Å². The van der Waals surface area contributed by atoms with Gasteiger partial charge in [0.2, 0.25) is 0 Å². The summed E-state index contributed by atoms with van der Waals surface area (Å²) in [6, 6.07) is 2.91. The van der Waals surface area contributed by atoms with Crippen molar-refractivity contribution in [3.8, 4) is 0 Å². The van der Waals surface area contributed by atoms with E-state index in [1.54, 1.807) is 17.0 Å². The molecule has 2 N–H and O–H groups in total. The van der Waals surface area contributed by atoms with Crippen LogP contribution in [-0.2, 0) is 0 Å². The maximum absolute atomic E-state index is 12.2. The number of carbonyl (C=O) groups excluding carboxylic acids is 1. The number of amides is 2. The molecule has 2 heterocycles. The number of rotatable bonds is 2. The lowest BCUT2D eigenvalue weighted by Crippen LogP contribution is -2.37. The second-order valence-electron chi connectivity index (χ2n) is 4.89. The maximum atomic E-state index is 12.2. The summed E-state index contributed by atoms with van der Waals surface area (Å²) in [5.41, 5.74) is 0.111. The highest BCUT2D eigenvalue weighted by atomic mass is 16.4. The first-order chi connectivity index (χ1) is 9.68. The molecule has 6 heteroatoms. The predicted molar refractivity (Wildman–Crippen MR) is 74.9 cm³/mol. The zero-order chi connectivity index (χ0) is 14.4. The molecule has 0 saturated carbocycles. The van der Waals surface area contributed by atoms with Crippen LogP contribution in [0.25, 0.3) is 0 Å². The van der Waals surface area contributed by atoms with Crippen molar-refractivity contribution in [2.45, 2.75) is 32.1 Å². The normalized spacial score (nSPS) is 16.1. The number of carboxylic acid groups (broad SMARTS) is 1. The Kier molecular flexibility index (Phi) is 4.92. The Bertz CT molecular complexity index is 482. The molecular weight excluding hydrogens is 258 g/mol. The van der Waals surface area contributed by atoms with Crippen LogP contribution in [0.15, 0.2) is 18.3 Å². The summed E-state index contributed by atoms with van der Waals surface area (Å²) in [6.07, 6.45) is 6.88. The molecule has 1 aromatic heterocycles. The third kappa shape index (κ3) is 3.69. The fraction of sp³-hybridized carbons (Fsp3) is 0.500. The Morgan fingerprint density at radius 3 is 2.45 bits per heavy atom. The van der Waals surface area contributed by atoms with Crippen molar-refractivity contribution in [2.24, 2.45) is 0 Å². The quantitative estimate of drug-likeness (QED) is 0.870. The highest BCUT2D eigenvalue weighted by Gasteiger charge is 2.18. The zero-order valence-corrected chi connectivity index (χ0v) is 11.3. The predicted octanol–water partition coefficient (Wildman–Crippen LogP) is 2.58. The van der Waals surface area contributed by atoms with Gasteiger partial charge in [-0.1, -0.05) is 19.3 Å². The van der Waals surface area contributed by atoms with E-state index < -0.39 is 5.97 Å². The van der Waals surface area contributed by atoms with Gasteiger partial charge in [0.1, 0.15) is 0 Å². The maximum Gasteiger partial charge on any atom is 0.356 e. The molecule has 0 aliphatic carbocycles. The molecule has 0 atom stereocenters. The van der Waals surface area contributed by atoms with Crippen LogP contribution in [0.4, 0.5) is 10.5 Å². The van der Waals surface area contributed by atoms with E-state index in [1.807, 2.05) is 0 Å². The Balaban J connectivity index is 2.05. The van der Waals surface area contributed by atoms with Gasteiger partial charge >= 0.3 is 12.0 Å². The fourth-order valence-corrected chi connectivity index (χ4v) is 2.32. The van der Waals surface area contributed by atoms with Gasteiger partial charge < -0.3 is 15.3 Å². The minimum atomic E-state index is -1.14. The molecule has 1 fully saturated rings. The van der Waals surface area contributed by atoms with E-state index in [9.17, 15) is 9.59 Å². The Labute approximate surface area is 117 Å². The van der Waals surface area contributed by atoms with Crippen molar-refractivity contribution in [3.63, 3.8) is 0 Å². The number of nitrogens with zero attached hydrogens (tertiary/aromatic N) is 2. The van der Waals surface area contributed by atoms with Crippen LogP contribution >= 0.6 is 0 Å². The number of hydrogen-bond donors (Lipinski definition) is 2. The summed E-state index contributed by atoms with van der Waals surface area (Å²) in [7, 11) is 0. The topological polar surface area (TPSA) is 82.5 Å². The lowest BCUT2D eigenvalue weighted by molar-refractivity contribution is 0.0691. The molecule has 6 nitrogen and oxygen atoms in total. The van der Waals surface area contributed by atoms with Crippen LogP contribution in [0.5, 0.6) is 0 Å². The minimum Gasteiger partial charge on any atom is -0.476 e. The first-order valence-corrected chi connectivity index (χ1v) is 6.93. The van der Waals surface area contributed by atoms with Gasteiger partial charge in [0.25, 0.3) is 0 Å². The molecule has 1 saturated heterocycles. The molecule has 0 unspecified atom stereocenters. The van der Waals surface area contributed by atoms with Gasteiger partial charge in [-0.3, -0.25) is 0 Å². The molecule has 1 aliphatic heterocycles. The number of aromatic carboxylic acids is 1. The summed E-state index contributed by atoms with van der Waals surface area (Å²) in [5, 5.41) is 11.7.